The molecule has 2 heterocycles. The van der Waals surface area contributed by atoms with Crippen molar-refractivity contribution in [2.24, 2.45) is 0 Å². The summed E-state index contributed by atoms with van der Waals surface area (Å²) < 4.78 is 7.13. The second kappa shape index (κ2) is 4.10. The van der Waals surface area contributed by atoms with Crippen LogP contribution in [0.25, 0.3) is 27.7 Å². The second-order valence-electron chi connectivity index (χ2n) is 4.70. The number of para-hydroxylation sites is 1. The molecule has 0 N–H and O–H groups in total. The van der Waals surface area contributed by atoms with Gasteiger partial charge in [0, 0.05) is 10.9 Å². The van der Waals surface area contributed by atoms with Crippen molar-refractivity contribution < 1.29 is 4.42 Å². The van der Waals surface area contributed by atoms with E-state index in [1.807, 2.05) is 65.1 Å². The van der Waals surface area contributed by atoms with Gasteiger partial charge in [0.15, 0.2) is 0 Å². The minimum atomic E-state index is -0.319. The molecule has 20 heavy (non-hydrogen) atoms. The first-order valence-corrected chi connectivity index (χ1v) is 6.42. The topological polar surface area (TPSA) is 34.6 Å². The lowest BCUT2D eigenvalue weighted by atomic mass is 10.1. The summed E-state index contributed by atoms with van der Waals surface area (Å²) in [5.74, 6) is 0. The number of hydrogen-bond donors (Lipinski definition) is 0. The summed E-state index contributed by atoms with van der Waals surface area (Å²) in [7, 11) is 0. The van der Waals surface area contributed by atoms with E-state index in [2.05, 4.69) is 0 Å². The van der Waals surface area contributed by atoms with Crippen LogP contribution in [-0.4, -0.2) is 4.40 Å². The fourth-order valence-electron chi connectivity index (χ4n) is 2.59. The van der Waals surface area contributed by atoms with E-state index in [-0.39, 0.29) is 5.63 Å². The number of rotatable bonds is 1. The molecular weight excluding hydrogens is 250 g/mol. The summed E-state index contributed by atoms with van der Waals surface area (Å²) in [6, 6.07) is 19.7. The van der Waals surface area contributed by atoms with Crippen LogP contribution < -0.4 is 5.63 Å². The molecule has 4 aromatic rings. The third-order valence-electron chi connectivity index (χ3n) is 3.51. The highest BCUT2D eigenvalue weighted by molar-refractivity contribution is 5.89. The lowest BCUT2D eigenvalue weighted by Gasteiger charge is -2.06. The average molecular weight is 261 g/mol. The lowest BCUT2D eigenvalue weighted by molar-refractivity contribution is 0.512. The molecule has 2 aromatic carbocycles. The van der Waals surface area contributed by atoms with Gasteiger partial charge in [-0.2, -0.15) is 0 Å². The summed E-state index contributed by atoms with van der Waals surface area (Å²) >= 11 is 0. The van der Waals surface area contributed by atoms with Crippen LogP contribution in [0, 0.1) is 0 Å². The summed E-state index contributed by atoms with van der Waals surface area (Å²) in [4.78, 5) is 11.9. The molecule has 3 heteroatoms. The third kappa shape index (κ3) is 1.50. The predicted molar refractivity (Wildman–Crippen MR) is 78.9 cm³/mol. The molecule has 0 saturated carbocycles. The summed E-state index contributed by atoms with van der Waals surface area (Å²) in [6.07, 6.45) is 1.52. The first-order chi connectivity index (χ1) is 9.84. The van der Waals surface area contributed by atoms with Gasteiger partial charge < -0.3 is 4.42 Å². The summed E-state index contributed by atoms with van der Waals surface area (Å²) in [5, 5.41) is 1.03. The van der Waals surface area contributed by atoms with Gasteiger partial charge in [0.25, 0.3) is 0 Å². The summed E-state index contributed by atoms with van der Waals surface area (Å²) in [5.41, 5.74) is 3.15. The molecule has 0 fully saturated rings. The molecule has 0 aliphatic carbocycles. The van der Waals surface area contributed by atoms with Gasteiger partial charge in [-0.05, 0) is 12.1 Å². The predicted octanol–water partition coefficient (Wildman–Crippen LogP) is 3.71. The van der Waals surface area contributed by atoms with Crippen LogP contribution in [0.3, 0.4) is 0 Å². The van der Waals surface area contributed by atoms with Crippen LogP contribution in [-0.2, 0) is 0 Å². The molecule has 0 unspecified atom stereocenters. The minimum Gasteiger partial charge on any atom is -0.428 e. The normalized spacial score (nSPS) is 11.2. The van der Waals surface area contributed by atoms with E-state index >= 15 is 0 Å². The lowest BCUT2D eigenvalue weighted by Crippen LogP contribution is -2.04. The van der Waals surface area contributed by atoms with E-state index in [1.54, 1.807) is 0 Å². The molecule has 0 bridgehead atoms. The van der Waals surface area contributed by atoms with Crippen LogP contribution in [0.5, 0.6) is 0 Å². The van der Waals surface area contributed by atoms with E-state index in [0.717, 1.165) is 22.2 Å². The van der Waals surface area contributed by atoms with E-state index in [1.165, 1.54) is 6.26 Å². The zero-order valence-electron chi connectivity index (χ0n) is 10.6. The van der Waals surface area contributed by atoms with Gasteiger partial charge in [-0.1, -0.05) is 48.5 Å². The monoisotopic (exact) mass is 261 g/mol. The standard InChI is InChI=1S/C17H11NO2/c19-17-15-10-13-8-4-5-9-14(13)18(15)16(11-20-17)12-6-2-1-3-7-12/h1-11H. The molecule has 0 radical (unpaired) electrons. The molecule has 0 aliphatic rings. The number of fused-ring (bicyclic) bond motifs is 3. The fraction of sp³-hybridized carbons (Fsp3) is 0. The Morgan fingerprint density at radius 2 is 1.60 bits per heavy atom. The second-order valence-corrected chi connectivity index (χ2v) is 4.70. The maximum absolute atomic E-state index is 11.9. The Morgan fingerprint density at radius 3 is 2.45 bits per heavy atom. The van der Waals surface area contributed by atoms with Gasteiger partial charge in [0.1, 0.15) is 11.8 Å². The number of benzene rings is 2. The highest BCUT2D eigenvalue weighted by atomic mass is 16.4. The smallest absolute Gasteiger partial charge is 0.360 e. The van der Waals surface area contributed by atoms with Crippen molar-refractivity contribution in [1.82, 2.24) is 4.40 Å². The number of nitrogens with zero attached hydrogens (tertiary/aromatic N) is 1. The van der Waals surface area contributed by atoms with Gasteiger partial charge in [0.2, 0.25) is 0 Å². The highest BCUT2D eigenvalue weighted by Crippen LogP contribution is 2.25. The van der Waals surface area contributed by atoms with Crippen LogP contribution in [0.1, 0.15) is 0 Å². The van der Waals surface area contributed by atoms with Crippen LogP contribution in [0.15, 0.2) is 76.1 Å². The van der Waals surface area contributed by atoms with Crippen LogP contribution >= 0.6 is 0 Å². The van der Waals surface area contributed by atoms with Crippen molar-refractivity contribution >= 4 is 16.4 Å². The first kappa shape index (κ1) is 11.1. The van der Waals surface area contributed by atoms with E-state index in [4.69, 9.17) is 4.42 Å². The van der Waals surface area contributed by atoms with E-state index in [9.17, 15) is 4.79 Å². The molecule has 0 amide bonds. The SMILES string of the molecule is O=c1occ(-c2ccccc2)n2c1cc1ccccc12. The van der Waals surface area contributed by atoms with Gasteiger partial charge in [-0.25, -0.2) is 4.79 Å². The van der Waals surface area contributed by atoms with Crippen molar-refractivity contribution in [3.8, 4) is 11.3 Å². The molecule has 3 nitrogen and oxygen atoms in total. The maximum Gasteiger partial charge on any atom is 0.360 e. The van der Waals surface area contributed by atoms with E-state index in [0.29, 0.717) is 5.52 Å². The number of hydrogen-bond acceptors (Lipinski definition) is 2. The molecule has 0 spiro atoms. The Bertz CT molecular complexity index is 965. The van der Waals surface area contributed by atoms with Gasteiger partial charge in [0.05, 0.1) is 11.2 Å². The molecule has 96 valence electrons. The Morgan fingerprint density at radius 1 is 0.850 bits per heavy atom. The summed E-state index contributed by atoms with van der Waals surface area (Å²) in [6.45, 7) is 0. The van der Waals surface area contributed by atoms with Crippen molar-refractivity contribution in [3.63, 3.8) is 0 Å². The molecule has 0 atom stereocenters. The zero-order chi connectivity index (χ0) is 13.5. The third-order valence-corrected chi connectivity index (χ3v) is 3.51. The largest absolute Gasteiger partial charge is 0.428 e. The van der Waals surface area contributed by atoms with Crippen LogP contribution in [0.4, 0.5) is 0 Å². The van der Waals surface area contributed by atoms with Crippen molar-refractivity contribution in [2.75, 3.05) is 0 Å². The van der Waals surface area contributed by atoms with Crippen molar-refractivity contribution in [1.29, 1.82) is 0 Å². The van der Waals surface area contributed by atoms with Gasteiger partial charge >= 0.3 is 5.63 Å². The number of aromatic nitrogens is 1. The quantitative estimate of drug-likeness (QED) is 0.523. The van der Waals surface area contributed by atoms with Crippen molar-refractivity contribution in [2.45, 2.75) is 0 Å². The fourth-order valence-corrected chi connectivity index (χ4v) is 2.59. The zero-order valence-corrected chi connectivity index (χ0v) is 10.6. The Labute approximate surface area is 114 Å². The van der Waals surface area contributed by atoms with Crippen molar-refractivity contribution in [3.05, 3.63) is 77.3 Å². The van der Waals surface area contributed by atoms with Gasteiger partial charge in [-0.15, -0.1) is 0 Å². The Balaban J connectivity index is 2.22. The van der Waals surface area contributed by atoms with Crippen LogP contribution in [0.2, 0.25) is 0 Å². The van der Waals surface area contributed by atoms with E-state index < -0.39 is 0 Å². The molecule has 0 saturated heterocycles. The van der Waals surface area contributed by atoms with Gasteiger partial charge in [-0.3, -0.25) is 4.40 Å². The Hall–Kier alpha value is -2.81. The first-order valence-electron chi connectivity index (χ1n) is 6.42. The Kier molecular flexibility index (Phi) is 2.27. The highest BCUT2D eigenvalue weighted by Gasteiger charge is 2.11. The average Bonchev–Trinajstić information content (AvgIpc) is 2.89. The molecule has 2 aromatic heterocycles. The molecular formula is C17H11NO2. The molecule has 4 rings (SSSR count). The minimum absolute atomic E-state index is 0.319. The maximum atomic E-state index is 11.9. The molecule has 0 aliphatic heterocycles.